The van der Waals surface area contributed by atoms with E-state index in [0.717, 1.165) is 25.7 Å². The topological polar surface area (TPSA) is 46.5 Å². The van der Waals surface area contributed by atoms with Gasteiger partial charge in [-0.25, -0.2) is 4.79 Å². The molecule has 1 heterocycles. The Balaban J connectivity index is 2.12. The average Bonchev–Trinajstić information content (AvgIpc) is 2.59. The van der Waals surface area contributed by atoms with Crippen molar-refractivity contribution < 1.29 is 14.6 Å². The minimum Gasteiger partial charge on any atom is -0.512 e. The van der Waals surface area contributed by atoms with Crippen molar-refractivity contribution in [2.75, 3.05) is 0 Å². The van der Waals surface area contributed by atoms with Gasteiger partial charge in [-0.05, 0) is 25.7 Å². The first kappa shape index (κ1) is 22.1. The maximum Gasteiger partial charge on any atom is 0.337 e. The zero-order valence-electron chi connectivity index (χ0n) is 16.7. The Bertz CT molecular complexity index is 387. The number of esters is 1. The molecule has 1 rings (SSSR count). The first-order valence-corrected chi connectivity index (χ1v) is 10.8. The molecule has 1 unspecified atom stereocenters. The second-order valence-electron chi connectivity index (χ2n) is 7.58. The molecule has 0 amide bonds. The number of aliphatic hydroxyl groups is 1. The van der Waals surface area contributed by atoms with E-state index in [1.165, 1.54) is 64.2 Å². The van der Waals surface area contributed by atoms with Gasteiger partial charge in [0.15, 0.2) is 0 Å². The average molecular weight is 353 g/mol. The highest BCUT2D eigenvalue weighted by Crippen LogP contribution is 2.27. The standard InChI is InChI=1S/C22H40O3/c1-3-5-7-9-10-11-12-13-14-16-19-18-21(23)20(22(24)25-19)17-15-8-6-4-2/h19,23H,3-18H2,1-2H3. The number of hydrogen-bond acceptors (Lipinski definition) is 3. The molecule has 1 aliphatic rings. The second kappa shape index (κ2) is 14.2. The van der Waals surface area contributed by atoms with Crippen LogP contribution in [0.4, 0.5) is 0 Å². The van der Waals surface area contributed by atoms with Gasteiger partial charge in [-0.2, -0.15) is 0 Å². The monoisotopic (exact) mass is 352 g/mol. The Morgan fingerprint density at radius 3 is 1.92 bits per heavy atom. The number of cyclic esters (lactones) is 1. The lowest BCUT2D eigenvalue weighted by Crippen LogP contribution is -2.26. The highest BCUT2D eigenvalue weighted by atomic mass is 16.5. The smallest absolute Gasteiger partial charge is 0.337 e. The van der Waals surface area contributed by atoms with Gasteiger partial charge in [0.2, 0.25) is 0 Å². The number of rotatable bonds is 15. The number of carbonyl (C=O) groups excluding carboxylic acids is 1. The summed E-state index contributed by atoms with van der Waals surface area (Å²) in [7, 11) is 0. The van der Waals surface area contributed by atoms with Crippen molar-refractivity contribution in [3.63, 3.8) is 0 Å². The molecule has 1 aliphatic heterocycles. The van der Waals surface area contributed by atoms with Crippen molar-refractivity contribution in [3.8, 4) is 0 Å². The molecule has 0 radical (unpaired) electrons. The summed E-state index contributed by atoms with van der Waals surface area (Å²) in [4.78, 5) is 12.1. The summed E-state index contributed by atoms with van der Waals surface area (Å²) in [6.45, 7) is 4.42. The lowest BCUT2D eigenvalue weighted by molar-refractivity contribution is -0.147. The first-order chi connectivity index (χ1) is 12.2. The summed E-state index contributed by atoms with van der Waals surface area (Å²) in [5.74, 6) is 0.00912. The van der Waals surface area contributed by atoms with Gasteiger partial charge in [-0.1, -0.05) is 84.5 Å². The number of aliphatic hydroxyl groups excluding tert-OH is 1. The molecule has 1 N–H and O–H groups in total. The van der Waals surface area contributed by atoms with Gasteiger partial charge < -0.3 is 9.84 Å². The van der Waals surface area contributed by atoms with Crippen molar-refractivity contribution in [3.05, 3.63) is 11.3 Å². The fourth-order valence-electron chi connectivity index (χ4n) is 3.54. The predicted octanol–water partition coefficient (Wildman–Crippen LogP) is 7.01. The lowest BCUT2D eigenvalue weighted by atomic mass is 9.97. The summed E-state index contributed by atoms with van der Waals surface area (Å²) in [6.07, 6.45) is 18.0. The number of ether oxygens (including phenoxy) is 1. The fraction of sp³-hybridized carbons (Fsp3) is 0.864. The number of unbranched alkanes of at least 4 members (excludes halogenated alkanes) is 11. The highest BCUT2D eigenvalue weighted by molar-refractivity contribution is 5.89. The summed E-state index contributed by atoms with van der Waals surface area (Å²) in [6, 6.07) is 0. The molecular weight excluding hydrogens is 312 g/mol. The van der Waals surface area contributed by atoms with Gasteiger partial charge in [0.05, 0.1) is 5.57 Å². The van der Waals surface area contributed by atoms with E-state index in [4.69, 9.17) is 4.74 Å². The Morgan fingerprint density at radius 1 is 0.840 bits per heavy atom. The molecular formula is C22H40O3. The molecule has 0 spiro atoms. The third-order valence-corrected chi connectivity index (χ3v) is 5.20. The Morgan fingerprint density at radius 2 is 1.36 bits per heavy atom. The van der Waals surface area contributed by atoms with Crippen molar-refractivity contribution in [2.45, 2.75) is 123 Å². The molecule has 0 saturated heterocycles. The van der Waals surface area contributed by atoms with Crippen LogP contribution in [0.1, 0.15) is 117 Å². The van der Waals surface area contributed by atoms with E-state index in [1.54, 1.807) is 0 Å². The van der Waals surface area contributed by atoms with Crippen LogP contribution in [-0.2, 0) is 9.53 Å². The van der Waals surface area contributed by atoms with Crippen molar-refractivity contribution in [2.24, 2.45) is 0 Å². The molecule has 3 heteroatoms. The van der Waals surface area contributed by atoms with Crippen molar-refractivity contribution in [1.29, 1.82) is 0 Å². The lowest BCUT2D eigenvalue weighted by Gasteiger charge is -2.24. The van der Waals surface area contributed by atoms with Crippen LogP contribution >= 0.6 is 0 Å². The van der Waals surface area contributed by atoms with Crippen LogP contribution in [0.15, 0.2) is 11.3 Å². The van der Waals surface area contributed by atoms with Gasteiger partial charge in [0.1, 0.15) is 11.9 Å². The zero-order valence-corrected chi connectivity index (χ0v) is 16.7. The van der Waals surface area contributed by atoms with Crippen LogP contribution in [0.3, 0.4) is 0 Å². The van der Waals surface area contributed by atoms with Crippen molar-refractivity contribution in [1.82, 2.24) is 0 Å². The SMILES string of the molecule is CCCCCCCCCCCC1CC(O)=C(CCCCCC)C(=O)O1. The van der Waals surface area contributed by atoms with Crippen LogP contribution in [0.25, 0.3) is 0 Å². The second-order valence-corrected chi connectivity index (χ2v) is 7.58. The van der Waals surface area contributed by atoms with E-state index >= 15 is 0 Å². The molecule has 0 aromatic heterocycles. The predicted molar refractivity (Wildman–Crippen MR) is 105 cm³/mol. The van der Waals surface area contributed by atoms with Gasteiger partial charge in [0.25, 0.3) is 0 Å². The summed E-state index contributed by atoms with van der Waals surface area (Å²) in [5.41, 5.74) is 0.527. The highest BCUT2D eigenvalue weighted by Gasteiger charge is 2.28. The summed E-state index contributed by atoms with van der Waals surface area (Å²) >= 11 is 0. The van der Waals surface area contributed by atoms with Crippen molar-refractivity contribution >= 4 is 5.97 Å². The van der Waals surface area contributed by atoms with Crippen LogP contribution < -0.4 is 0 Å². The maximum absolute atomic E-state index is 12.1. The number of carbonyl (C=O) groups is 1. The molecule has 0 saturated carbocycles. The molecule has 0 bridgehead atoms. The molecule has 0 aromatic carbocycles. The van der Waals surface area contributed by atoms with Crippen LogP contribution in [-0.4, -0.2) is 17.2 Å². The van der Waals surface area contributed by atoms with E-state index in [0.29, 0.717) is 18.4 Å². The minimum atomic E-state index is -0.277. The largest absolute Gasteiger partial charge is 0.512 e. The molecule has 0 fully saturated rings. The van der Waals surface area contributed by atoms with E-state index in [2.05, 4.69) is 13.8 Å². The third kappa shape index (κ3) is 9.91. The third-order valence-electron chi connectivity index (χ3n) is 5.20. The summed E-state index contributed by atoms with van der Waals surface area (Å²) in [5, 5.41) is 10.2. The van der Waals surface area contributed by atoms with E-state index in [9.17, 15) is 9.90 Å². The molecule has 3 nitrogen and oxygen atoms in total. The maximum atomic E-state index is 12.1. The van der Waals surface area contributed by atoms with Gasteiger partial charge in [-0.3, -0.25) is 0 Å². The first-order valence-electron chi connectivity index (χ1n) is 10.8. The molecule has 0 aliphatic carbocycles. The number of hydrogen-bond donors (Lipinski definition) is 1. The Kier molecular flexibility index (Phi) is 12.5. The fourth-order valence-corrected chi connectivity index (χ4v) is 3.54. The molecule has 1 atom stereocenters. The molecule has 25 heavy (non-hydrogen) atoms. The van der Waals surface area contributed by atoms with Gasteiger partial charge in [-0.15, -0.1) is 0 Å². The summed E-state index contributed by atoms with van der Waals surface area (Å²) < 4.78 is 5.54. The molecule has 146 valence electrons. The van der Waals surface area contributed by atoms with Crippen LogP contribution in [0.5, 0.6) is 0 Å². The van der Waals surface area contributed by atoms with Gasteiger partial charge >= 0.3 is 5.97 Å². The quantitative estimate of drug-likeness (QED) is 0.255. The zero-order chi connectivity index (χ0) is 18.3. The minimum absolute atomic E-state index is 0.114. The Hall–Kier alpha value is -0.990. The Labute approximate surface area is 155 Å². The van der Waals surface area contributed by atoms with Crippen LogP contribution in [0.2, 0.25) is 0 Å². The molecule has 0 aromatic rings. The normalized spacial score (nSPS) is 17.8. The van der Waals surface area contributed by atoms with E-state index < -0.39 is 0 Å². The van der Waals surface area contributed by atoms with E-state index in [1.807, 2.05) is 0 Å². The van der Waals surface area contributed by atoms with Gasteiger partial charge in [0, 0.05) is 6.42 Å². The van der Waals surface area contributed by atoms with E-state index in [-0.39, 0.29) is 17.8 Å². The van der Waals surface area contributed by atoms with Crippen LogP contribution in [0, 0.1) is 0 Å².